The topological polar surface area (TPSA) is 51.8 Å². The number of benzene rings is 7. The number of rotatable bonds is 6. The molecule has 0 fully saturated rings. The first-order chi connectivity index (χ1) is 26.3. The average Bonchev–Trinajstić information content (AvgIpc) is 3.61. The minimum atomic E-state index is 0.600. The average molecular weight is 687 g/mol. The Labute approximate surface area is 319 Å². The second-order valence-electron chi connectivity index (χ2n) is 14.2. The van der Waals surface area contributed by atoms with E-state index in [0.29, 0.717) is 17.5 Å². The van der Waals surface area contributed by atoms with Crippen molar-refractivity contribution in [2.24, 2.45) is 0 Å². The maximum Gasteiger partial charge on any atom is 0.164 e. The van der Waals surface area contributed by atoms with Crippen molar-refractivity contribution in [1.29, 1.82) is 0 Å². The van der Waals surface area contributed by atoms with Crippen molar-refractivity contribution in [3.63, 3.8) is 0 Å². The van der Waals surface area contributed by atoms with Crippen LogP contribution in [0.3, 0.4) is 0 Å². The van der Waals surface area contributed by atoms with Crippen molar-refractivity contribution in [2.75, 3.05) is 0 Å². The lowest BCUT2D eigenvalue weighted by Gasteiger charge is -2.20. The summed E-state index contributed by atoms with van der Waals surface area (Å²) in [5, 5.41) is 2.13. The zero-order valence-corrected chi connectivity index (χ0v) is 31.1. The Morgan fingerprint density at radius 1 is 0.352 bits per heavy atom. The molecule has 4 nitrogen and oxygen atoms in total. The predicted octanol–water partition coefficient (Wildman–Crippen LogP) is 3.07. The number of nitrogens with zero attached hydrogens (tertiary/aromatic N) is 3. The van der Waals surface area contributed by atoms with E-state index in [1.807, 2.05) is 66.7 Å². The summed E-state index contributed by atoms with van der Waals surface area (Å²) in [7, 11) is 11.2. The molecule has 0 unspecified atom stereocenters. The van der Waals surface area contributed by atoms with Gasteiger partial charge in [-0.15, -0.1) is 16.4 Å². The van der Waals surface area contributed by atoms with E-state index in [4.69, 9.17) is 19.4 Å². The van der Waals surface area contributed by atoms with Crippen LogP contribution in [0.1, 0.15) is 0 Å². The molecule has 0 spiro atoms. The predicted molar refractivity (Wildman–Crippen MR) is 241 cm³/mol. The van der Waals surface area contributed by atoms with Crippen LogP contribution < -0.4 is 27.3 Å². The van der Waals surface area contributed by atoms with Gasteiger partial charge in [0, 0.05) is 33.0 Å². The van der Waals surface area contributed by atoms with Gasteiger partial charge in [-0.1, -0.05) is 144 Å². The van der Waals surface area contributed by atoms with Crippen LogP contribution in [0.15, 0.2) is 150 Å². The van der Waals surface area contributed by atoms with Crippen LogP contribution in [0.25, 0.3) is 89.5 Å². The van der Waals surface area contributed by atoms with Gasteiger partial charge in [-0.05, 0) is 39.9 Å². The monoisotopic (exact) mass is 687 g/mol. The van der Waals surface area contributed by atoms with Gasteiger partial charge in [0.25, 0.3) is 0 Å². The fourth-order valence-corrected chi connectivity index (χ4v) is 7.71. The van der Waals surface area contributed by atoms with Crippen LogP contribution in [0.4, 0.5) is 0 Å². The second kappa shape index (κ2) is 13.6. The molecule has 2 heterocycles. The Morgan fingerprint density at radius 2 is 0.815 bits per heavy atom. The van der Waals surface area contributed by atoms with Crippen molar-refractivity contribution < 1.29 is 4.42 Å². The summed E-state index contributed by atoms with van der Waals surface area (Å²) in [5.74, 6) is 1.86. The zero-order valence-electron chi connectivity index (χ0n) is 31.1. The summed E-state index contributed by atoms with van der Waals surface area (Å²) in [6.07, 6.45) is 0. The third-order valence-corrected chi connectivity index (χ3v) is 11.2. The molecule has 54 heavy (non-hydrogen) atoms. The first kappa shape index (κ1) is 33.5. The Balaban J connectivity index is 1.05. The molecule has 0 aliphatic heterocycles. The van der Waals surface area contributed by atoms with E-state index >= 15 is 0 Å². The van der Waals surface area contributed by atoms with E-state index < -0.39 is 0 Å². The van der Waals surface area contributed by atoms with E-state index in [-0.39, 0.29) is 0 Å². The van der Waals surface area contributed by atoms with Gasteiger partial charge in [0.1, 0.15) is 50.4 Å². The molecule has 0 saturated heterocycles. The molecule has 0 radical (unpaired) electrons. The summed E-state index contributed by atoms with van der Waals surface area (Å²) < 4.78 is 6.67. The highest BCUT2D eigenvalue weighted by Gasteiger charge is 2.17. The van der Waals surface area contributed by atoms with Crippen LogP contribution in [0, 0.1) is 0 Å². The third kappa shape index (κ3) is 5.86. The molecule has 9 rings (SSSR count). The number of fused-ring (bicyclic) bond motifs is 3. The molecule has 250 valence electrons. The number of hydrogen-bond acceptors (Lipinski definition) is 4. The lowest BCUT2D eigenvalue weighted by atomic mass is 9.59. The molecule has 0 aliphatic carbocycles. The maximum atomic E-state index is 6.67. The quantitative estimate of drug-likeness (QED) is 0.253. The van der Waals surface area contributed by atoms with Crippen LogP contribution in [0.5, 0.6) is 0 Å². The van der Waals surface area contributed by atoms with Gasteiger partial charge in [0.15, 0.2) is 17.5 Å². The largest absolute Gasteiger partial charge is 0.455 e. The lowest BCUT2D eigenvalue weighted by molar-refractivity contribution is 0.670. The normalized spacial score (nSPS) is 11.3. The van der Waals surface area contributed by atoms with Crippen molar-refractivity contribution in [3.05, 3.63) is 146 Å². The third-order valence-electron chi connectivity index (χ3n) is 11.2. The number of hydrogen-bond donors (Lipinski definition) is 0. The summed E-state index contributed by atoms with van der Waals surface area (Å²) in [4.78, 5) is 14.7. The second-order valence-corrected chi connectivity index (χ2v) is 14.2. The van der Waals surface area contributed by atoms with Crippen LogP contribution in [-0.2, 0) is 0 Å². The Bertz CT molecular complexity index is 2770. The van der Waals surface area contributed by atoms with Gasteiger partial charge in [0.2, 0.25) is 0 Å². The fraction of sp³-hybridized carbons (Fsp3) is 0. The van der Waals surface area contributed by atoms with Gasteiger partial charge in [-0.25, -0.2) is 15.0 Å². The van der Waals surface area contributed by atoms with Crippen molar-refractivity contribution in [2.45, 2.75) is 0 Å². The minimum absolute atomic E-state index is 0.600. The van der Waals surface area contributed by atoms with Gasteiger partial charge in [-0.3, -0.25) is 0 Å². The van der Waals surface area contributed by atoms with Crippen LogP contribution >= 0.6 is 0 Å². The van der Waals surface area contributed by atoms with Crippen molar-refractivity contribution >= 4 is 88.5 Å². The first-order valence-electron chi connectivity index (χ1n) is 18.4. The summed E-state index contributed by atoms with van der Waals surface area (Å²) in [6, 6.07) is 50.5. The Kier molecular flexibility index (Phi) is 8.43. The summed E-state index contributed by atoms with van der Waals surface area (Å²) in [6.45, 7) is 0. The molecule has 9 heteroatoms. The van der Waals surface area contributed by atoms with Crippen molar-refractivity contribution in [3.8, 4) is 67.5 Å². The summed E-state index contributed by atoms with van der Waals surface area (Å²) >= 11 is 0. The molecule has 2 aromatic heterocycles. The first-order valence-corrected chi connectivity index (χ1v) is 18.4. The van der Waals surface area contributed by atoms with Crippen LogP contribution in [-0.4, -0.2) is 54.2 Å². The molecule has 0 aliphatic rings. The fourth-order valence-electron chi connectivity index (χ4n) is 7.71. The molecule has 9 aromatic rings. The standard InChI is InChI=1S/C45H34B5N3O/c46-37-36(38(47)40(49)41(50)39(37)48)28-20-16-26(17-21-28)25-14-18-27(19-15-25)32-12-7-13-34-33-23-22-31(24-35(33)54-42(32)34)45-52-43(29-8-3-1-4-9-29)51-44(53-45)30-10-5-2-6-11-30/h1-24H,46-50H2. The Morgan fingerprint density at radius 3 is 1.37 bits per heavy atom. The number of furan rings is 1. The lowest BCUT2D eigenvalue weighted by Crippen LogP contribution is -2.55. The molecule has 7 aromatic carbocycles. The molecule has 0 N–H and O–H groups in total. The van der Waals surface area contributed by atoms with Gasteiger partial charge in [-0.2, -0.15) is 0 Å². The van der Waals surface area contributed by atoms with E-state index in [2.05, 4.69) is 118 Å². The minimum Gasteiger partial charge on any atom is -0.455 e. The molecular weight excluding hydrogens is 653 g/mol. The number of aromatic nitrogens is 3. The molecule has 0 amide bonds. The highest BCUT2D eigenvalue weighted by Crippen LogP contribution is 2.38. The molecule has 0 saturated carbocycles. The van der Waals surface area contributed by atoms with E-state index in [0.717, 1.165) is 49.8 Å². The Hall–Kier alpha value is -6.33. The number of para-hydroxylation sites is 1. The van der Waals surface area contributed by atoms with E-state index in [9.17, 15) is 0 Å². The molecule has 0 bridgehead atoms. The van der Waals surface area contributed by atoms with Gasteiger partial charge in [0.05, 0.1) is 0 Å². The highest BCUT2D eigenvalue weighted by molar-refractivity contribution is 6.68. The van der Waals surface area contributed by atoms with Crippen molar-refractivity contribution in [1.82, 2.24) is 15.0 Å². The smallest absolute Gasteiger partial charge is 0.164 e. The molecular formula is C45H34B5N3O. The maximum absolute atomic E-state index is 6.67. The summed E-state index contributed by atoms with van der Waals surface area (Å²) in [5.41, 5.74) is 18.4. The molecule has 0 atom stereocenters. The van der Waals surface area contributed by atoms with Gasteiger partial charge >= 0.3 is 0 Å². The van der Waals surface area contributed by atoms with E-state index in [1.54, 1.807) is 0 Å². The zero-order chi connectivity index (χ0) is 36.9. The SMILES string of the molecule is Bc1c(B)c(B)c(-c2ccc(-c3ccc(-c4cccc5c4oc4cc(-c6nc(-c7ccccc7)nc(-c7ccccc7)n6)ccc45)cc3)cc2)c(B)c1B. The van der Waals surface area contributed by atoms with E-state index in [1.165, 1.54) is 49.6 Å². The van der Waals surface area contributed by atoms with Crippen LogP contribution in [0.2, 0.25) is 0 Å². The van der Waals surface area contributed by atoms with Gasteiger partial charge < -0.3 is 4.42 Å². The highest BCUT2D eigenvalue weighted by atomic mass is 16.3.